The minimum Gasteiger partial charge on any atom is -0.368 e. The number of hydrogen-bond donors (Lipinski definition) is 2. The average molecular weight is 280 g/mol. The van der Waals surface area contributed by atoms with Crippen molar-refractivity contribution in [3.63, 3.8) is 0 Å². The second-order valence-electron chi connectivity index (χ2n) is 6.41. The molecule has 0 saturated carbocycles. The number of nitrogens with two attached hydrogens (primary N) is 1. The molecule has 1 atom stereocenters. The van der Waals surface area contributed by atoms with E-state index in [0.29, 0.717) is 5.69 Å². The molecule has 0 spiro atoms. The lowest BCUT2D eigenvalue weighted by Gasteiger charge is -2.28. The van der Waals surface area contributed by atoms with E-state index in [0.717, 1.165) is 5.69 Å². The van der Waals surface area contributed by atoms with Gasteiger partial charge in [0.05, 0.1) is 0 Å². The number of carbonyl (C=O) groups excluding carboxylic acids is 2. The van der Waals surface area contributed by atoms with Crippen molar-refractivity contribution in [1.82, 2.24) is 15.1 Å². The molecule has 0 bridgehead atoms. The number of nitrogens with zero attached hydrogens (tertiary/aromatic N) is 2. The molecular formula is C14H24N4O2. The minimum absolute atomic E-state index is 0.267. The van der Waals surface area contributed by atoms with E-state index in [1.807, 2.05) is 34.6 Å². The molecule has 6 nitrogen and oxygen atoms in total. The molecule has 0 saturated heterocycles. The first-order chi connectivity index (χ1) is 9.04. The highest BCUT2D eigenvalue weighted by Gasteiger charge is 2.32. The second-order valence-corrected chi connectivity index (χ2v) is 6.41. The topological polar surface area (TPSA) is 90.0 Å². The van der Waals surface area contributed by atoms with Crippen molar-refractivity contribution in [3.05, 3.63) is 17.5 Å². The van der Waals surface area contributed by atoms with Gasteiger partial charge in [0.1, 0.15) is 11.7 Å². The third-order valence-electron chi connectivity index (χ3n) is 3.17. The molecule has 20 heavy (non-hydrogen) atoms. The van der Waals surface area contributed by atoms with Crippen LogP contribution in [0.15, 0.2) is 6.07 Å². The molecule has 0 unspecified atom stereocenters. The highest BCUT2D eigenvalue weighted by Crippen LogP contribution is 2.20. The number of amides is 2. The lowest BCUT2D eigenvalue weighted by molar-refractivity contribution is -0.122. The Bertz CT molecular complexity index is 512. The zero-order valence-corrected chi connectivity index (χ0v) is 13.0. The van der Waals surface area contributed by atoms with Crippen molar-refractivity contribution < 1.29 is 9.59 Å². The van der Waals surface area contributed by atoms with Crippen LogP contribution in [-0.2, 0) is 11.8 Å². The first kappa shape index (κ1) is 16.2. The van der Waals surface area contributed by atoms with Crippen LogP contribution in [0.3, 0.4) is 0 Å². The number of hydrogen-bond acceptors (Lipinski definition) is 3. The Morgan fingerprint density at radius 3 is 2.25 bits per heavy atom. The van der Waals surface area contributed by atoms with Crippen molar-refractivity contribution >= 4 is 11.8 Å². The molecule has 0 aliphatic carbocycles. The van der Waals surface area contributed by atoms with Crippen LogP contribution in [0.1, 0.15) is 56.7 Å². The van der Waals surface area contributed by atoms with E-state index in [-0.39, 0.29) is 11.8 Å². The molecular weight excluding hydrogens is 256 g/mol. The van der Waals surface area contributed by atoms with Crippen molar-refractivity contribution in [1.29, 1.82) is 0 Å². The first-order valence-electron chi connectivity index (χ1n) is 6.68. The van der Waals surface area contributed by atoms with Gasteiger partial charge in [0.2, 0.25) is 5.91 Å². The molecule has 2 amide bonds. The van der Waals surface area contributed by atoms with Gasteiger partial charge in [-0.05, 0) is 17.4 Å². The number of rotatable bonds is 4. The maximum atomic E-state index is 12.2. The van der Waals surface area contributed by atoms with Crippen LogP contribution in [0.2, 0.25) is 0 Å². The molecule has 0 radical (unpaired) electrons. The fourth-order valence-electron chi connectivity index (χ4n) is 2.05. The number of carbonyl (C=O) groups is 2. The van der Waals surface area contributed by atoms with Crippen molar-refractivity contribution in [2.24, 2.45) is 18.2 Å². The van der Waals surface area contributed by atoms with E-state index >= 15 is 0 Å². The number of primary amides is 1. The average Bonchev–Trinajstić information content (AvgIpc) is 2.65. The van der Waals surface area contributed by atoms with E-state index in [2.05, 4.69) is 10.4 Å². The van der Waals surface area contributed by atoms with E-state index in [1.54, 1.807) is 17.8 Å². The summed E-state index contributed by atoms with van der Waals surface area (Å²) in [4.78, 5) is 23.7. The minimum atomic E-state index is -0.737. The SMILES string of the molecule is CC(C)c1cc(C(=O)N[C@H](C(N)=O)C(C)(C)C)nn1C. The zero-order chi connectivity index (χ0) is 15.7. The van der Waals surface area contributed by atoms with Gasteiger partial charge in [-0.25, -0.2) is 0 Å². The lowest BCUT2D eigenvalue weighted by Crippen LogP contribution is -2.52. The van der Waals surface area contributed by atoms with E-state index in [9.17, 15) is 9.59 Å². The van der Waals surface area contributed by atoms with Crippen LogP contribution in [0.4, 0.5) is 0 Å². The van der Waals surface area contributed by atoms with E-state index < -0.39 is 17.4 Å². The first-order valence-corrected chi connectivity index (χ1v) is 6.68. The highest BCUT2D eigenvalue weighted by atomic mass is 16.2. The Balaban J connectivity index is 2.96. The van der Waals surface area contributed by atoms with Crippen LogP contribution in [0.5, 0.6) is 0 Å². The van der Waals surface area contributed by atoms with Gasteiger partial charge in [-0.15, -0.1) is 0 Å². The third kappa shape index (κ3) is 3.59. The molecule has 1 aromatic heterocycles. The van der Waals surface area contributed by atoms with Crippen molar-refractivity contribution in [2.45, 2.75) is 46.6 Å². The number of nitrogens with one attached hydrogen (secondary N) is 1. The van der Waals surface area contributed by atoms with Gasteiger partial charge < -0.3 is 11.1 Å². The van der Waals surface area contributed by atoms with Crippen LogP contribution >= 0.6 is 0 Å². The Labute approximate surface area is 119 Å². The van der Waals surface area contributed by atoms with Gasteiger partial charge in [0.15, 0.2) is 0 Å². The van der Waals surface area contributed by atoms with Gasteiger partial charge in [-0.3, -0.25) is 14.3 Å². The molecule has 1 heterocycles. The van der Waals surface area contributed by atoms with Crippen molar-refractivity contribution in [2.75, 3.05) is 0 Å². The molecule has 0 aromatic carbocycles. The third-order valence-corrected chi connectivity index (χ3v) is 3.17. The molecule has 1 aromatic rings. The largest absolute Gasteiger partial charge is 0.368 e. The fourth-order valence-corrected chi connectivity index (χ4v) is 2.05. The molecule has 0 aliphatic rings. The van der Waals surface area contributed by atoms with Gasteiger partial charge >= 0.3 is 0 Å². The summed E-state index contributed by atoms with van der Waals surface area (Å²) in [6.07, 6.45) is 0. The summed E-state index contributed by atoms with van der Waals surface area (Å²) in [5.41, 5.74) is 6.16. The Morgan fingerprint density at radius 2 is 1.90 bits per heavy atom. The molecule has 3 N–H and O–H groups in total. The predicted octanol–water partition coefficient (Wildman–Crippen LogP) is 1.17. The van der Waals surface area contributed by atoms with Crippen LogP contribution in [-0.4, -0.2) is 27.6 Å². The molecule has 0 aliphatic heterocycles. The summed E-state index contributed by atoms with van der Waals surface area (Å²) in [6.45, 7) is 9.60. The number of aromatic nitrogens is 2. The Hall–Kier alpha value is -1.85. The monoisotopic (exact) mass is 280 g/mol. The molecule has 6 heteroatoms. The van der Waals surface area contributed by atoms with Gasteiger partial charge in [0, 0.05) is 12.7 Å². The van der Waals surface area contributed by atoms with E-state index in [1.165, 1.54) is 0 Å². The van der Waals surface area contributed by atoms with Gasteiger partial charge in [-0.2, -0.15) is 5.10 Å². The lowest BCUT2D eigenvalue weighted by atomic mass is 9.86. The summed E-state index contributed by atoms with van der Waals surface area (Å²) in [6, 6.07) is 1.00. The van der Waals surface area contributed by atoms with E-state index in [4.69, 9.17) is 5.73 Å². The summed E-state index contributed by atoms with van der Waals surface area (Å²) < 4.78 is 1.68. The molecule has 112 valence electrons. The summed E-state index contributed by atoms with van der Waals surface area (Å²) in [5.74, 6) is -0.666. The Morgan fingerprint density at radius 1 is 1.35 bits per heavy atom. The van der Waals surface area contributed by atoms with Crippen LogP contribution in [0, 0.1) is 5.41 Å². The quantitative estimate of drug-likeness (QED) is 0.867. The predicted molar refractivity (Wildman–Crippen MR) is 77.2 cm³/mol. The normalized spacial score (nSPS) is 13.3. The van der Waals surface area contributed by atoms with Gasteiger partial charge in [-0.1, -0.05) is 34.6 Å². The number of aryl methyl sites for hydroxylation is 1. The fraction of sp³-hybridized carbons (Fsp3) is 0.643. The molecule has 1 rings (SSSR count). The smallest absolute Gasteiger partial charge is 0.272 e. The second kappa shape index (κ2) is 5.64. The van der Waals surface area contributed by atoms with Crippen molar-refractivity contribution in [3.8, 4) is 0 Å². The maximum Gasteiger partial charge on any atom is 0.272 e. The van der Waals surface area contributed by atoms with Crippen LogP contribution < -0.4 is 11.1 Å². The Kier molecular flexibility index (Phi) is 4.57. The summed E-state index contributed by atoms with van der Waals surface area (Å²) in [5, 5.41) is 6.84. The van der Waals surface area contributed by atoms with Gasteiger partial charge in [0.25, 0.3) is 5.91 Å². The molecule has 0 fully saturated rings. The standard InChI is InChI=1S/C14H24N4O2/c1-8(2)10-7-9(17-18(10)6)13(20)16-11(12(15)19)14(3,4)5/h7-8,11H,1-6H3,(H2,15,19)(H,16,20)/t11-/m1/s1. The van der Waals surface area contributed by atoms with Crippen LogP contribution in [0.25, 0.3) is 0 Å². The zero-order valence-electron chi connectivity index (χ0n) is 13.0. The maximum absolute atomic E-state index is 12.2. The summed E-state index contributed by atoms with van der Waals surface area (Å²) >= 11 is 0. The highest BCUT2D eigenvalue weighted by molar-refractivity contribution is 5.96. The summed E-state index contributed by atoms with van der Waals surface area (Å²) in [7, 11) is 1.79.